The molecule has 10 nitrogen and oxygen atoms in total. The number of aromatic amines is 1. The molecule has 2 aromatic carbocycles. The summed E-state index contributed by atoms with van der Waals surface area (Å²) in [7, 11) is 0. The number of carboxylic acid groups (broad SMARTS) is 1. The third-order valence-corrected chi connectivity index (χ3v) is 4.61. The molecule has 0 aliphatic rings. The molecule has 0 saturated heterocycles. The average molecular weight is 432 g/mol. The molecule has 0 saturated carbocycles. The van der Waals surface area contributed by atoms with E-state index in [2.05, 4.69) is 25.6 Å². The monoisotopic (exact) mass is 432 g/mol. The number of ether oxygens (including phenoxy) is 1. The van der Waals surface area contributed by atoms with E-state index < -0.39 is 18.0 Å². The topological polar surface area (TPSA) is 155 Å². The van der Waals surface area contributed by atoms with E-state index in [4.69, 9.17) is 10.5 Å². The van der Waals surface area contributed by atoms with Crippen molar-refractivity contribution in [3.63, 3.8) is 0 Å². The lowest BCUT2D eigenvalue weighted by atomic mass is 10.1. The second kappa shape index (κ2) is 9.04. The van der Waals surface area contributed by atoms with Crippen LogP contribution < -0.4 is 21.1 Å². The quantitative estimate of drug-likeness (QED) is 0.300. The van der Waals surface area contributed by atoms with E-state index in [-0.39, 0.29) is 12.4 Å². The van der Waals surface area contributed by atoms with Crippen molar-refractivity contribution in [2.24, 2.45) is 0 Å². The molecule has 0 bridgehead atoms. The van der Waals surface area contributed by atoms with Crippen LogP contribution in [-0.4, -0.2) is 38.1 Å². The molecule has 2 heterocycles. The number of hydrogen-bond acceptors (Lipinski definition) is 6. The molecule has 2 aromatic heterocycles. The van der Waals surface area contributed by atoms with Gasteiger partial charge in [0.2, 0.25) is 11.8 Å². The van der Waals surface area contributed by atoms with Crippen LogP contribution in [0.3, 0.4) is 0 Å². The SMILES string of the molecule is Nc1nc(Oc2ccc(NC(=O)N[C@H](Cc3ccccc3)C(=O)O)cc2)c2cc[nH]c2n1. The Morgan fingerprint density at radius 1 is 1.06 bits per heavy atom. The standard InChI is InChI=1S/C22H20N6O4/c23-21-27-18-16(10-11-24-18)19(28-21)32-15-8-6-14(7-9-15)25-22(31)26-17(20(29)30)12-13-4-2-1-3-5-13/h1-11,17H,12H2,(H,29,30)(H2,25,26,31)(H3,23,24,27,28)/t17-/m1/s1. The summed E-state index contributed by atoms with van der Waals surface area (Å²) >= 11 is 0. The predicted octanol–water partition coefficient (Wildman–Crippen LogP) is 3.15. The third kappa shape index (κ3) is 4.93. The van der Waals surface area contributed by atoms with Crippen molar-refractivity contribution in [1.82, 2.24) is 20.3 Å². The Kier molecular flexibility index (Phi) is 5.84. The number of fused-ring (bicyclic) bond motifs is 1. The van der Waals surface area contributed by atoms with Gasteiger partial charge in [0.05, 0.1) is 5.39 Å². The van der Waals surface area contributed by atoms with Crippen LogP contribution in [0.15, 0.2) is 66.9 Å². The van der Waals surface area contributed by atoms with Crippen LogP contribution in [0.1, 0.15) is 5.56 Å². The van der Waals surface area contributed by atoms with Gasteiger partial charge >= 0.3 is 12.0 Å². The van der Waals surface area contributed by atoms with E-state index in [0.717, 1.165) is 5.56 Å². The van der Waals surface area contributed by atoms with E-state index in [9.17, 15) is 14.7 Å². The summed E-state index contributed by atoms with van der Waals surface area (Å²) in [5.74, 6) is -0.261. The summed E-state index contributed by atoms with van der Waals surface area (Å²) in [5.41, 5.74) is 7.54. The summed E-state index contributed by atoms with van der Waals surface area (Å²) < 4.78 is 5.80. The lowest BCUT2D eigenvalue weighted by Gasteiger charge is -2.15. The Morgan fingerprint density at radius 3 is 2.53 bits per heavy atom. The van der Waals surface area contributed by atoms with Gasteiger partial charge < -0.3 is 31.2 Å². The zero-order chi connectivity index (χ0) is 22.5. The normalized spacial score (nSPS) is 11.6. The molecule has 4 rings (SSSR count). The van der Waals surface area contributed by atoms with Gasteiger partial charge in [-0.2, -0.15) is 9.97 Å². The Morgan fingerprint density at radius 2 is 1.81 bits per heavy atom. The lowest BCUT2D eigenvalue weighted by Crippen LogP contribution is -2.44. The van der Waals surface area contributed by atoms with Crippen molar-refractivity contribution in [3.8, 4) is 11.6 Å². The van der Waals surface area contributed by atoms with Crippen LogP contribution in [0.5, 0.6) is 11.6 Å². The first-order valence-electron chi connectivity index (χ1n) is 9.71. The fraction of sp³-hybridized carbons (Fsp3) is 0.0909. The van der Waals surface area contributed by atoms with E-state index in [1.165, 1.54) is 0 Å². The van der Waals surface area contributed by atoms with Crippen LogP contribution >= 0.6 is 0 Å². The Labute approximate surface area is 182 Å². The third-order valence-electron chi connectivity index (χ3n) is 4.61. The highest BCUT2D eigenvalue weighted by Gasteiger charge is 2.20. The number of carbonyl (C=O) groups is 2. The maximum absolute atomic E-state index is 12.3. The summed E-state index contributed by atoms with van der Waals surface area (Å²) in [6, 6.07) is 15.7. The number of carbonyl (C=O) groups excluding carboxylic acids is 1. The van der Waals surface area contributed by atoms with Crippen molar-refractivity contribution in [2.75, 3.05) is 11.1 Å². The number of aromatic nitrogens is 3. The van der Waals surface area contributed by atoms with Crippen molar-refractivity contribution in [2.45, 2.75) is 12.5 Å². The number of nitrogens with one attached hydrogen (secondary N) is 3. The number of rotatable bonds is 7. The molecule has 162 valence electrons. The second-order valence-corrected chi connectivity index (χ2v) is 6.93. The van der Waals surface area contributed by atoms with Gasteiger partial charge in [0.25, 0.3) is 0 Å². The molecule has 0 aliphatic heterocycles. The van der Waals surface area contributed by atoms with Crippen LogP contribution in [0.2, 0.25) is 0 Å². The second-order valence-electron chi connectivity index (χ2n) is 6.93. The lowest BCUT2D eigenvalue weighted by molar-refractivity contribution is -0.139. The van der Waals surface area contributed by atoms with Gasteiger partial charge in [-0.25, -0.2) is 9.59 Å². The molecule has 4 aromatic rings. The van der Waals surface area contributed by atoms with E-state index in [1.807, 2.05) is 18.2 Å². The maximum Gasteiger partial charge on any atom is 0.326 e. The smallest absolute Gasteiger partial charge is 0.326 e. The number of benzene rings is 2. The summed E-state index contributed by atoms with van der Waals surface area (Å²) in [6.07, 6.45) is 1.88. The molecule has 0 fully saturated rings. The molecular formula is C22H20N6O4. The molecule has 0 spiro atoms. The number of nitrogens with zero attached hydrogens (tertiary/aromatic N) is 2. The Hall–Kier alpha value is -4.60. The fourth-order valence-electron chi connectivity index (χ4n) is 3.10. The van der Waals surface area contributed by atoms with Gasteiger partial charge in [-0.3, -0.25) is 0 Å². The maximum atomic E-state index is 12.3. The first kappa shape index (κ1) is 20.7. The van der Waals surface area contributed by atoms with Crippen LogP contribution in [-0.2, 0) is 11.2 Å². The molecule has 1 atom stereocenters. The van der Waals surface area contributed by atoms with E-state index in [1.54, 1.807) is 48.7 Å². The number of urea groups is 1. The number of aliphatic carboxylic acids is 1. The van der Waals surface area contributed by atoms with E-state index in [0.29, 0.717) is 28.4 Å². The van der Waals surface area contributed by atoms with Gasteiger partial charge in [-0.05, 0) is 35.9 Å². The van der Waals surface area contributed by atoms with Gasteiger partial charge in [0.15, 0.2) is 0 Å². The molecule has 2 amide bonds. The minimum atomic E-state index is -1.12. The van der Waals surface area contributed by atoms with E-state index >= 15 is 0 Å². The highest BCUT2D eigenvalue weighted by molar-refractivity contribution is 5.92. The number of nitrogens with two attached hydrogens (primary N) is 1. The van der Waals surface area contributed by atoms with Gasteiger partial charge in [0.1, 0.15) is 17.4 Å². The molecule has 32 heavy (non-hydrogen) atoms. The average Bonchev–Trinajstić information content (AvgIpc) is 3.24. The fourth-order valence-corrected chi connectivity index (χ4v) is 3.10. The van der Waals surface area contributed by atoms with Crippen LogP contribution in [0.25, 0.3) is 11.0 Å². The van der Waals surface area contributed by atoms with Crippen molar-refractivity contribution in [3.05, 3.63) is 72.4 Å². The number of carboxylic acids is 1. The molecule has 0 aliphatic carbocycles. The largest absolute Gasteiger partial charge is 0.480 e. The minimum absolute atomic E-state index is 0.0772. The molecule has 0 radical (unpaired) electrons. The molecule has 10 heteroatoms. The molecule has 6 N–H and O–H groups in total. The van der Waals surface area contributed by atoms with Gasteiger partial charge in [-0.1, -0.05) is 30.3 Å². The number of nitrogen functional groups attached to an aromatic ring is 1. The number of amides is 2. The summed E-state index contributed by atoms with van der Waals surface area (Å²) in [4.78, 5) is 35.0. The minimum Gasteiger partial charge on any atom is -0.480 e. The predicted molar refractivity (Wildman–Crippen MR) is 119 cm³/mol. The number of anilines is 2. The highest BCUT2D eigenvalue weighted by Crippen LogP contribution is 2.28. The first-order valence-corrected chi connectivity index (χ1v) is 9.71. The number of H-pyrrole nitrogens is 1. The summed E-state index contributed by atoms with van der Waals surface area (Å²) in [5, 5.41) is 15.2. The van der Waals surface area contributed by atoms with Crippen LogP contribution in [0.4, 0.5) is 16.4 Å². The molecule has 0 unspecified atom stereocenters. The Balaban J connectivity index is 1.39. The van der Waals surface area contributed by atoms with Crippen LogP contribution in [0, 0.1) is 0 Å². The van der Waals surface area contributed by atoms with Gasteiger partial charge in [-0.15, -0.1) is 0 Å². The molecular weight excluding hydrogens is 412 g/mol. The first-order chi connectivity index (χ1) is 15.5. The number of hydrogen-bond donors (Lipinski definition) is 5. The zero-order valence-corrected chi connectivity index (χ0v) is 16.8. The van der Waals surface area contributed by atoms with Crippen molar-refractivity contribution in [1.29, 1.82) is 0 Å². The highest BCUT2D eigenvalue weighted by atomic mass is 16.5. The van der Waals surface area contributed by atoms with Crippen molar-refractivity contribution < 1.29 is 19.4 Å². The summed E-state index contributed by atoms with van der Waals surface area (Å²) in [6.45, 7) is 0. The Bertz CT molecular complexity index is 1240. The zero-order valence-electron chi connectivity index (χ0n) is 16.8. The van der Waals surface area contributed by atoms with Crippen molar-refractivity contribution >= 4 is 34.7 Å². The van der Waals surface area contributed by atoms with Gasteiger partial charge in [0, 0.05) is 18.3 Å².